The van der Waals surface area contributed by atoms with Crippen LogP contribution in [0.15, 0.2) is 23.1 Å². The second-order valence-electron chi connectivity index (χ2n) is 5.51. The molecule has 1 aromatic rings. The van der Waals surface area contributed by atoms with Gasteiger partial charge in [-0.05, 0) is 44.1 Å². The molecule has 2 amide bonds. The number of benzene rings is 1. The first-order valence-corrected chi connectivity index (χ1v) is 8.16. The van der Waals surface area contributed by atoms with Crippen molar-refractivity contribution in [2.24, 2.45) is 5.92 Å². The molecule has 6 heteroatoms. The molecule has 0 bridgehead atoms. The van der Waals surface area contributed by atoms with Gasteiger partial charge >= 0.3 is 0 Å². The smallest absolute Gasteiger partial charge is 0.253 e. The Balaban J connectivity index is 1.74. The first-order valence-electron chi connectivity index (χ1n) is 7.18. The summed E-state index contributed by atoms with van der Waals surface area (Å²) in [5, 5.41) is 6.00. The van der Waals surface area contributed by atoms with Crippen molar-refractivity contribution in [1.82, 2.24) is 10.2 Å². The molecular formula is C15H19N3O2S. The lowest BCUT2D eigenvalue weighted by molar-refractivity contribution is -0.113. The summed E-state index contributed by atoms with van der Waals surface area (Å²) in [5.41, 5.74) is 1.41. The highest BCUT2D eigenvalue weighted by atomic mass is 32.2. The molecule has 1 atom stereocenters. The van der Waals surface area contributed by atoms with Crippen LogP contribution in [0.2, 0.25) is 0 Å². The van der Waals surface area contributed by atoms with Crippen molar-refractivity contribution in [3.63, 3.8) is 0 Å². The summed E-state index contributed by atoms with van der Waals surface area (Å²) in [7, 11) is 1.94. The maximum atomic E-state index is 12.6. The zero-order chi connectivity index (χ0) is 14.8. The summed E-state index contributed by atoms with van der Waals surface area (Å²) >= 11 is 1.51. The quantitative estimate of drug-likeness (QED) is 0.886. The maximum Gasteiger partial charge on any atom is 0.253 e. The lowest BCUT2D eigenvalue weighted by atomic mass is 10.1. The standard InChI is InChI=1S/C15H19N3O2S/c1-16-7-10-4-5-18(8-10)15(20)11-2-3-13-12(6-11)17-14(19)9-21-13/h2-3,6,10,16H,4-5,7-9H2,1H3,(H,17,19). The first kappa shape index (κ1) is 14.4. The van der Waals surface area contributed by atoms with Crippen molar-refractivity contribution in [3.8, 4) is 0 Å². The Labute approximate surface area is 128 Å². The normalized spacial score (nSPS) is 21.1. The van der Waals surface area contributed by atoms with Crippen LogP contribution >= 0.6 is 11.8 Å². The molecule has 2 aliphatic rings. The fourth-order valence-corrected chi connectivity index (χ4v) is 3.66. The predicted octanol–water partition coefficient (Wildman–Crippen LogP) is 1.41. The van der Waals surface area contributed by atoms with Crippen LogP contribution < -0.4 is 10.6 Å². The van der Waals surface area contributed by atoms with Crippen molar-refractivity contribution >= 4 is 29.3 Å². The highest BCUT2D eigenvalue weighted by molar-refractivity contribution is 8.00. The third-order valence-electron chi connectivity index (χ3n) is 3.93. The van der Waals surface area contributed by atoms with E-state index in [0.717, 1.165) is 36.6 Å². The fraction of sp³-hybridized carbons (Fsp3) is 0.467. The Morgan fingerprint density at radius 1 is 1.52 bits per heavy atom. The van der Waals surface area contributed by atoms with Gasteiger partial charge in [-0.15, -0.1) is 11.8 Å². The van der Waals surface area contributed by atoms with Crippen molar-refractivity contribution in [1.29, 1.82) is 0 Å². The molecule has 0 aromatic heterocycles. The van der Waals surface area contributed by atoms with Crippen LogP contribution in [0, 0.1) is 5.92 Å². The van der Waals surface area contributed by atoms with Crippen LogP contribution in [-0.4, -0.2) is 49.1 Å². The van der Waals surface area contributed by atoms with Crippen molar-refractivity contribution in [3.05, 3.63) is 23.8 Å². The first-order chi connectivity index (χ1) is 10.2. The van der Waals surface area contributed by atoms with Gasteiger partial charge in [0, 0.05) is 23.5 Å². The Morgan fingerprint density at radius 3 is 3.19 bits per heavy atom. The molecule has 0 spiro atoms. The summed E-state index contributed by atoms with van der Waals surface area (Å²) in [6.07, 6.45) is 1.05. The van der Waals surface area contributed by atoms with Gasteiger partial charge in [0.1, 0.15) is 0 Å². The largest absolute Gasteiger partial charge is 0.338 e. The number of hydrogen-bond donors (Lipinski definition) is 2. The van der Waals surface area contributed by atoms with Crippen LogP contribution in [0.5, 0.6) is 0 Å². The van der Waals surface area contributed by atoms with E-state index < -0.39 is 0 Å². The summed E-state index contributed by atoms with van der Waals surface area (Å²) in [4.78, 5) is 26.9. The van der Waals surface area contributed by atoms with Crippen molar-refractivity contribution in [2.45, 2.75) is 11.3 Å². The van der Waals surface area contributed by atoms with Gasteiger partial charge in [0.25, 0.3) is 5.91 Å². The van der Waals surface area contributed by atoms with Gasteiger partial charge in [-0.25, -0.2) is 0 Å². The monoisotopic (exact) mass is 305 g/mol. The molecular weight excluding hydrogens is 286 g/mol. The van der Waals surface area contributed by atoms with Crippen molar-refractivity contribution < 1.29 is 9.59 Å². The second kappa shape index (κ2) is 6.07. The number of fused-ring (bicyclic) bond motifs is 1. The minimum atomic E-state index is -0.00708. The highest BCUT2D eigenvalue weighted by Crippen LogP contribution is 2.32. The van der Waals surface area contributed by atoms with Gasteiger partial charge < -0.3 is 15.5 Å². The fourth-order valence-electron chi connectivity index (χ4n) is 2.87. The van der Waals surface area contributed by atoms with E-state index in [4.69, 9.17) is 0 Å². The van der Waals surface area contributed by atoms with Gasteiger partial charge in [0.2, 0.25) is 5.91 Å². The average molecular weight is 305 g/mol. The molecule has 2 heterocycles. The number of nitrogens with one attached hydrogen (secondary N) is 2. The van der Waals surface area contributed by atoms with Gasteiger partial charge in [-0.3, -0.25) is 9.59 Å². The van der Waals surface area contributed by atoms with Crippen molar-refractivity contribution in [2.75, 3.05) is 37.8 Å². The highest BCUT2D eigenvalue weighted by Gasteiger charge is 2.27. The molecule has 0 aliphatic carbocycles. The van der Waals surface area contributed by atoms with Crippen LogP contribution in [0.3, 0.4) is 0 Å². The third kappa shape index (κ3) is 3.06. The molecule has 0 radical (unpaired) electrons. The molecule has 1 saturated heterocycles. The number of likely N-dealkylation sites (tertiary alicyclic amines) is 1. The van der Waals surface area contributed by atoms with E-state index in [0.29, 0.717) is 17.2 Å². The number of nitrogens with zero attached hydrogens (tertiary/aromatic N) is 1. The molecule has 1 aromatic carbocycles. The number of rotatable bonds is 3. The number of carbonyl (C=O) groups excluding carboxylic acids is 2. The number of carbonyl (C=O) groups is 2. The summed E-state index contributed by atoms with van der Waals surface area (Å²) in [6.45, 7) is 2.56. The zero-order valence-electron chi connectivity index (χ0n) is 12.0. The number of hydrogen-bond acceptors (Lipinski definition) is 4. The maximum absolute atomic E-state index is 12.6. The SMILES string of the molecule is CNCC1CCN(C(=O)c2ccc3c(c2)NC(=O)CS3)C1. The molecule has 21 heavy (non-hydrogen) atoms. The molecule has 112 valence electrons. The van der Waals surface area contributed by atoms with Gasteiger partial charge in [0.15, 0.2) is 0 Å². The van der Waals surface area contributed by atoms with E-state index in [-0.39, 0.29) is 11.8 Å². The molecule has 1 fully saturated rings. The van der Waals surface area contributed by atoms with Crippen LogP contribution in [0.1, 0.15) is 16.8 Å². The molecule has 2 N–H and O–H groups in total. The summed E-state index contributed by atoms with van der Waals surface area (Å²) < 4.78 is 0. The Hall–Kier alpha value is -1.53. The second-order valence-corrected chi connectivity index (χ2v) is 6.53. The zero-order valence-corrected chi connectivity index (χ0v) is 12.8. The number of anilines is 1. The van der Waals surface area contributed by atoms with Gasteiger partial charge in [-0.2, -0.15) is 0 Å². The van der Waals surface area contributed by atoms with Gasteiger partial charge in [0.05, 0.1) is 11.4 Å². The summed E-state index contributed by atoms with van der Waals surface area (Å²) in [6, 6.07) is 5.58. The molecule has 3 rings (SSSR count). The molecule has 5 nitrogen and oxygen atoms in total. The lowest BCUT2D eigenvalue weighted by Crippen LogP contribution is -2.30. The average Bonchev–Trinajstić information content (AvgIpc) is 2.94. The van der Waals surface area contributed by atoms with E-state index in [1.165, 1.54) is 11.8 Å². The third-order valence-corrected chi connectivity index (χ3v) is 5.00. The van der Waals surface area contributed by atoms with Gasteiger partial charge in [-0.1, -0.05) is 0 Å². The van der Waals surface area contributed by atoms with E-state index in [2.05, 4.69) is 10.6 Å². The van der Waals surface area contributed by atoms with E-state index in [1.807, 2.05) is 24.1 Å². The Bertz CT molecular complexity index is 576. The Kier molecular flexibility index (Phi) is 4.17. The molecule has 0 saturated carbocycles. The van der Waals surface area contributed by atoms with Crippen LogP contribution in [-0.2, 0) is 4.79 Å². The molecule has 1 unspecified atom stereocenters. The number of thioether (sulfide) groups is 1. The summed E-state index contributed by atoms with van der Waals surface area (Å²) in [5.74, 6) is 1.03. The van der Waals surface area contributed by atoms with Crippen LogP contribution in [0.4, 0.5) is 5.69 Å². The Morgan fingerprint density at radius 2 is 2.38 bits per heavy atom. The molecule has 2 aliphatic heterocycles. The minimum Gasteiger partial charge on any atom is -0.338 e. The minimum absolute atomic E-state index is 0.00708. The topological polar surface area (TPSA) is 61.4 Å². The van der Waals surface area contributed by atoms with E-state index >= 15 is 0 Å². The predicted molar refractivity (Wildman–Crippen MR) is 83.7 cm³/mol. The van der Waals surface area contributed by atoms with Crippen LogP contribution in [0.25, 0.3) is 0 Å². The lowest BCUT2D eigenvalue weighted by Gasteiger charge is -2.20. The number of amides is 2. The van der Waals surface area contributed by atoms with E-state index in [1.54, 1.807) is 6.07 Å². The van der Waals surface area contributed by atoms with E-state index in [9.17, 15) is 9.59 Å².